The molecule has 0 spiro atoms. The number of methoxy groups -OCH3 is 2. The number of halogens is 5. The van der Waals surface area contributed by atoms with E-state index in [0.717, 1.165) is 6.07 Å². The van der Waals surface area contributed by atoms with E-state index in [1.165, 1.54) is 26.4 Å². The molecule has 268 valence electrons. The Morgan fingerprint density at radius 1 is 0.824 bits per heavy atom. The van der Waals surface area contributed by atoms with Gasteiger partial charge in [0.1, 0.15) is 35.1 Å². The van der Waals surface area contributed by atoms with E-state index < -0.39 is 55.4 Å². The van der Waals surface area contributed by atoms with Crippen molar-refractivity contribution in [2.24, 2.45) is 10.4 Å². The summed E-state index contributed by atoms with van der Waals surface area (Å²) in [5.41, 5.74) is -2.41. The number of rotatable bonds is 9. The van der Waals surface area contributed by atoms with Crippen LogP contribution < -0.4 is 20.3 Å². The molecule has 4 aromatic carbocycles. The predicted octanol–water partition coefficient (Wildman–Crippen LogP) is 7.06. The van der Waals surface area contributed by atoms with Crippen molar-refractivity contribution in [3.05, 3.63) is 125 Å². The van der Waals surface area contributed by atoms with E-state index in [1.54, 1.807) is 78.9 Å². The number of hydrogen-bond donors (Lipinski definition) is 1. The van der Waals surface area contributed by atoms with Gasteiger partial charge in [0, 0.05) is 30.6 Å². The van der Waals surface area contributed by atoms with Crippen LogP contribution in [0.15, 0.2) is 102 Å². The van der Waals surface area contributed by atoms with E-state index in [4.69, 9.17) is 23.5 Å². The van der Waals surface area contributed by atoms with Gasteiger partial charge >= 0.3 is 13.3 Å². The smallest absolute Gasteiger partial charge is 0.493 e. The molecule has 7 nitrogen and oxygen atoms in total. The molecule has 2 aliphatic rings. The van der Waals surface area contributed by atoms with Gasteiger partial charge in [0.25, 0.3) is 6.02 Å². The van der Waals surface area contributed by atoms with E-state index in [0.29, 0.717) is 46.9 Å². The first-order valence-corrected chi connectivity index (χ1v) is 16.4. The first-order valence-electron chi connectivity index (χ1n) is 16.4. The molecule has 0 amide bonds. The molecule has 0 radical (unpaired) electrons. The highest BCUT2D eigenvalue weighted by Gasteiger charge is 2.54. The molecule has 1 unspecified atom stereocenters. The van der Waals surface area contributed by atoms with E-state index >= 15 is 8.78 Å². The predicted molar refractivity (Wildman–Crippen MR) is 184 cm³/mol. The molecule has 13 heteroatoms. The maximum atomic E-state index is 15.8. The Hall–Kier alpha value is -4.62. The molecule has 6 rings (SSSR count). The lowest BCUT2D eigenvalue weighted by atomic mass is 9.73. The fourth-order valence-electron chi connectivity index (χ4n) is 6.49. The third kappa shape index (κ3) is 7.27. The van der Waals surface area contributed by atoms with Gasteiger partial charge in [-0.25, -0.2) is 13.8 Å². The van der Waals surface area contributed by atoms with E-state index in [2.05, 4.69) is 10.3 Å². The second-order valence-electron chi connectivity index (χ2n) is 13.5. The summed E-state index contributed by atoms with van der Waals surface area (Å²) in [6.45, 7) is 3.10. The number of aliphatic imine (C=N–C) groups is 1. The maximum Gasteiger partial charge on any atom is 0.493 e. The largest absolute Gasteiger partial charge is 0.497 e. The zero-order valence-electron chi connectivity index (χ0n) is 28.6. The molecule has 51 heavy (non-hydrogen) atoms. The number of nitrogens with zero attached hydrogens (tertiary/aromatic N) is 1. The third-order valence-electron chi connectivity index (χ3n) is 9.24. The molecular weight excluding hydrogens is 670 g/mol. The third-order valence-corrected chi connectivity index (χ3v) is 9.24. The second kappa shape index (κ2) is 14.2. The molecule has 2 atom stereocenters. The van der Waals surface area contributed by atoms with Crippen LogP contribution in [0.3, 0.4) is 0 Å². The monoisotopic (exact) mass is 708 g/mol. The van der Waals surface area contributed by atoms with Gasteiger partial charge in [0.05, 0.1) is 14.2 Å². The number of ether oxygens (including phenoxy) is 3. The van der Waals surface area contributed by atoms with Crippen molar-refractivity contribution in [2.75, 3.05) is 34.1 Å². The minimum atomic E-state index is -4.96. The summed E-state index contributed by atoms with van der Waals surface area (Å²) < 4.78 is 104. The lowest BCUT2D eigenvalue weighted by Gasteiger charge is -2.42. The molecule has 1 N–H and O–H groups in total. The van der Waals surface area contributed by atoms with E-state index in [9.17, 15) is 13.2 Å². The minimum Gasteiger partial charge on any atom is -0.497 e. The Bertz CT molecular complexity index is 1780. The SMILES string of the molecule is COc1ccc(C(NC2=N[C@](CF)(c3cc(B4OCC(C)(C)CO4)ccc3F)CC(C(F)(F)F)O2)(c2ccccc2)c2ccc(OC)cc2)cc1. The molecular formula is C38H38BF5N2O5. The van der Waals surface area contributed by atoms with Crippen molar-refractivity contribution in [1.82, 2.24) is 5.32 Å². The van der Waals surface area contributed by atoms with Crippen LogP contribution in [0.2, 0.25) is 0 Å². The first-order chi connectivity index (χ1) is 24.3. The summed E-state index contributed by atoms with van der Waals surface area (Å²) in [5, 5.41) is 3.17. The zero-order valence-corrected chi connectivity index (χ0v) is 28.6. The Labute approximate surface area is 293 Å². The van der Waals surface area contributed by atoms with Crippen LogP contribution in [0.1, 0.15) is 42.5 Å². The number of hydrogen-bond acceptors (Lipinski definition) is 7. The van der Waals surface area contributed by atoms with Crippen LogP contribution in [0, 0.1) is 11.2 Å². The fourth-order valence-corrected chi connectivity index (χ4v) is 6.49. The summed E-state index contributed by atoms with van der Waals surface area (Å²) in [5.74, 6) is 0.151. The van der Waals surface area contributed by atoms with Crippen molar-refractivity contribution in [3.63, 3.8) is 0 Å². The van der Waals surface area contributed by atoms with Gasteiger partial charge in [-0.2, -0.15) is 13.2 Å². The Morgan fingerprint density at radius 3 is 1.88 bits per heavy atom. The highest BCUT2D eigenvalue weighted by molar-refractivity contribution is 6.61. The standard InChI is InChI=1S/C38H38BF5N2O5/c1-35(2)23-49-39(50-24-35)28-14-19-32(41)31(20-28)36(22-40)21-33(38(42,43)44)51-34(45-36)46-37(25-8-6-5-7-9-25,26-10-15-29(47-3)16-11-26)27-12-17-30(48-4)18-13-27/h5-20,33H,21-24H2,1-4H3,(H,45,46)/t33?,36-/m1/s1. The molecule has 0 aliphatic carbocycles. The molecule has 0 saturated carbocycles. The minimum absolute atomic E-state index is 0.274. The number of amidine groups is 1. The van der Waals surface area contributed by atoms with Crippen molar-refractivity contribution in [3.8, 4) is 11.5 Å². The number of alkyl halides is 4. The molecule has 1 fully saturated rings. The van der Waals surface area contributed by atoms with Gasteiger partial charge in [-0.05, 0) is 52.5 Å². The van der Waals surface area contributed by atoms with Crippen LogP contribution in [0.4, 0.5) is 22.0 Å². The average Bonchev–Trinajstić information content (AvgIpc) is 3.14. The van der Waals surface area contributed by atoms with E-state index in [-0.39, 0.29) is 11.0 Å². The normalized spacial score (nSPS) is 20.6. The maximum absolute atomic E-state index is 15.8. The number of nitrogens with one attached hydrogen (secondary N) is 1. The summed E-state index contributed by atoms with van der Waals surface area (Å²) in [6, 6.07) is 25.9. The lowest BCUT2D eigenvalue weighted by molar-refractivity contribution is -0.210. The fraction of sp³-hybridized carbons (Fsp3) is 0.342. The first kappa shape index (κ1) is 36.2. The molecule has 0 aromatic heterocycles. The summed E-state index contributed by atoms with van der Waals surface area (Å²) in [6.07, 6.45) is -8.52. The summed E-state index contributed by atoms with van der Waals surface area (Å²) in [4.78, 5) is 4.50. The van der Waals surface area contributed by atoms with Gasteiger partial charge in [0.2, 0.25) is 0 Å². The van der Waals surface area contributed by atoms with Crippen LogP contribution >= 0.6 is 0 Å². The highest BCUT2D eigenvalue weighted by atomic mass is 19.4. The van der Waals surface area contributed by atoms with Crippen LogP contribution in [0.5, 0.6) is 11.5 Å². The van der Waals surface area contributed by atoms with Crippen molar-refractivity contribution in [1.29, 1.82) is 0 Å². The zero-order chi connectivity index (χ0) is 36.4. The molecule has 4 aromatic rings. The molecule has 2 heterocycles. The van der Waals surface area contributed by atoms with Gasteiger partial charge in [-0.15, -0.1) is 0 Å². The molecule has 2 aliphatic heterocycles. The Kier molecular flexibility index (Phi) is 10.1. The second-order valence-corrected chi connectivity index (χ2v) is 13.5. The highest BCUT2D eigenvalue weighted by Crippen LogP contribution is 2.44. The summed E-state index contributed by atoms with van der Waals surface area (Å²) in [7, 11) is 2.10. The molecule has 0 bridgehead atoms. The van der Waals surface area contributed by atoms with Gasteiger partial charge in [0.15, 0.2) is 6.10 Å². The van der Waals surface area contributed by atoms with Crippen LogP contribution in [-0.4, -0.2) is 59.5 Å². The molecule has 1 saturated heterocycles. The van der Waals surface area contributed by atoms with Gasteiger partial charge < -0.3 is 28.8 Å². The average molecular weight is 709 g/mol. The topological polar surface area (TPSA) is 70.5 Å². The van der Waals surface area contributed by atoms with E-state index in [1.807, 2.05) is 13.8 Å². The lowest BCUT2D eigenvalue weighted by Crippen LogP contribution is -2.55. The quantitative estimate of drug-likeness (QED) is 0.114. The van der Waals surface area contributed by atoms with Crippen LogP contribution in [0.25, 0.3) is 0 Å². The number of benzene rings is 4. The van der Waals surface area contributed by atoms with Crippen molar-refractivity contribution >= 4 is 18.6 Å². The van der Waals surface area contributed by atoms with Crippen LogP contribution in [-0.2, 0) is 25.1 Å². The van der Waals surface area contributed by atoms with Gasteiger partial charge in [-0.1, -0.05) is 80.6 Å². The Morgan fingerprint density at radius 2 is 1.37 bits per heavy atom. The van der Waals surface area contributed by atoms with Gasteiger partial charge in [-0.3, -0.25) is 0 Å². The van der Waals surface area contributed by atoms with Crippen molar-refractivity contribution < 1.29 is 45.5 Å². The summed E-state index contributed by atoms with van der Waals surface area (Å²) >= 11 is 0. The van der Waals surface area contributed by atoms with Crippen molar-refractivity contribution in [2.45, 2.75) is 43.6 Å². The Balaban J connectivity index is 1.54.